The topological polar surface area (TPSA) is 161 Å². The Labute approximate surface area is 233 Å². The summed E-state index contributed by atoms with van der Waals surface area (Å²) in [6.07, 6.45) is 1.07. The molecule has 0 aromatic heterocycles. The molecule has 0 unspecified atom stereocenters. The lowest BCUT2D eigenvalue weighted by Crippen LogP contribution is -2.37. The van der Waals surface area contributed by atoms with E-state index in [1.54, 1.807) is 54.6 Å². The van der Waals surface area contributed by atoms with E-state index in [4.69, 9.17) is 21.9 Å². The lowest BCUT2D eigenvalue weighted by molar-refractivity contribution is -0.117. The fourth-order valence-electron chi connectivity index (χ4n) is 3.78. The van der Waals surface area contributed by atoms with Crippen LogP contribution in [0.25, 0.3) is 0 Å². The fourth-order valence-corrected chi connectivity index (χ4v) is 3.78. The number of aliphatic imine (C=N–C) groups is 1. The van der Waals surface area contributed by atoms with Gasteiger partial charge in [0, 0.05) is 18.3 Å². The van der Waals surface area contributed by atoms with Gasteiger partial charge in [-0.15, -0.1) is 0 Å². The largest absolute Gasteiger partial charge is 0.488 e. The van der Waals surface area contributed by atoms with Crippen molar-refractivity contribution < 1.29 is 18.7 Å². The number of halogens is 1. The van der Waals surface area contributed by atoms with Gasteiger partial charge in [0.15, 0.2) is 5.96 Å². The highest BCUT2D eigenvalue weighted by Gasteiger charge is 2.18. The Morgan fingerprint density at radius 2 is 1.68 bits per heavy atom. The van der Waals surface area contributed by atoms with E-state index in [9.17, 15) is 14.0 Å². The quantitative estimate of drug-likeness (QED) is 0.124. The number of nitrogens with zero attached hydrogens (tertiary/aromatic N) is 2. The second-order valence-electron chi connectivity index (χ2n) is 9.54. The molecule has 0 fully saturated rings. The van der Waals surface area contributed by atoms with Crippen molar-refractivity contribution in [3.8, 4) is 5.75 Å². The molecule has 0 aliphatic carbocycles. The maximum absolute atomic E-state index is 13.3. The SMILES string of the molecule is CN(C)CCCNC(=O)c1ccc(NC(=O)[C@@H](N)Cc2ccc(N=C(N)N)cc2)cc1OCc1ccc(F)cc1. The Balaban J connectivity index is 1.70. The summed E-state index contributed by atoms with van der Waals surface area (Å²) in [5.41, 5.74) is 19.8. The second kappa shape index (κ2) is 14.6. The molecule has 3 aromatic carbocycles. The van der Waals surface area contributed by atoms with E-state index in [0.29, 0.717) is 23.5 Å². The van der Waals surface area contributed by atoms with Crippen molar-refractivity contribution in [3.05, 3.63) is 89.2 Å². The minimum atomic E-state index is -0.836. The van der Waals surface area contributed by atoms with Crippen molar-refractivity contribution in [2.45, 2.75) is 25.5 Å². The molecule has 0 aliphatic rings. The van der Waals surface area contributed by atoms with Gasteiger partial charge in [0.05, 0.1) is 17.3 Å². The molecule has 3 rings (SSSR count). The summed E-state index contributed by atoms with van der Waals surface area (Å²) >= 11 is 0. The van der Waals surface area contributed by atoms with Crippen LogP contribution in [0.15, 0.2) is 71.7 Å². The van der Waals surface area contributed by atoms with Crippen molar-refractivity contribution in [1.29, 1.82) is 0 Å². The summed E-state index contributed by atoms with van der Waals surface area (Å²) in [5, 5.41) is 5.69. The van der Waals surface area contributed by atoms with Gasteiger partial charge in [0.1, 0.15) is 18.2 Å². The molecule has 2 amide bonds. The predicted molar refractivity (Wildman–Crippen MR) is 155 cm³/mol. The molecule has 0 spiro atoms. The Kier molecular flexibility index (Phi) is 11.0. The smallest absolute Gasteiger partial charge is 0.255 e. The van der Waals surface area contributed by atoms with E-state index in [0.717, 1.165) is 24.1 Å². The van der Waals surface area contributed by atoms with E-state index in [1.807, 2.05) is 19.0 Å². The number of hydrogen-bond acceptors (Lipinski definition) is 6. The van der Waals surface area contributed by atoms with Gasteiger partial charge in [0.25, 0.3) is 5.91 Å². The van der Waals surface area contributed by atoms with E-state index in [2.05, 4.69) is 15.6 Å². The summed E-state index contributed by atoms with van der Waals surface area (Å²) < 4.78 is 19.2. The van der Waals surface area contributed by atoms with Crippen LogP contribution < -0.4 is 32.6 Å². The Hall–Kier alpha value is -4.48. The van der Waals surface area contributed by atoms with Crippen LogP contribution >= 0.6 is 0 Å². The van der Waals surface area contributed by atoms with Gasteiger partial charge >= 0.3 is 0 Å². The molecule has 0 heterocycles. The molecule has 40 heavy (non-hydrogen) atoms. The molecule has 0 radical (unpaired) electrons. The van der Waals surface area contributed by atoms with E-state index < -0.39 is 11.9 Å². The minimum Gasteiger partial charge on any atom is -0.488 e. The third kappa shape index (κ3) is 9.68. The fraction of sp³-hybridized carbons (Fsp3) is 0.276. The maximum Gasteiger partial charge on any atom is 0.255 e. The van der Waals surface area contributed by atoms with Crippen molar-refractivity contribution >= 4 is 29.1 Å². The van der Waals surface area contributed by atoms with Crippen LogP contribution in [0.3, 0.4) is 0 Å². The lowest BCUT2D eigenvalue weighted by Gasteiger charge is -2.16. The zero-order chi connectivity index (χ0) is 29.1. The van der Waals surface area contributed by atoms with Gasteiger partial charge in [-0.1, -0.05) is 24.3 Å². The number of carbonyl (C=O) groups excluding carboxylic acids is 2. The predicted octanol–water partition coefficient (Wildman–Crippen LogP) is 2.50. The first kappa shape index (κ1) is 30.1. The van der Waals surface area contributed by atoms with E-state index >= 15 is 0 Å². The van der Waals surface area contributed by atoms with Gasteiger partial charge in [-0.2, -0.15) is 0 Å². The molecule has 212 valence electrons. The molecule has 0 bridgehead atoms. The summed E-state index contributed by atoms with van der Waals surface area (Å²) in [6.45, 7) is 1.43. The second-order valence-corrected chi connectivity index (χ2v) is 9.54. The molecule has 10 nitrogen and oxygen atoms in total. The van der Waals surface area contributed by atoms with Gasteiger partial charge in [-0.05, 0) is 81.0 Å². The van der Waals surface area contributed by atoms with Crippen LogP contribution in [0.2, 0.25) is 0 Å². The highest BCUT2D eigenvalue weighted by Crippen LogP contribution is 2.25. The zero-order valence-corrected chi connectivity index (χ0v) is 22.7. The van der Waals surface area contributed by atoms with Gasteiger partial charge in [0.2, 0.25) is 5.91 Å². The Morgan fingerprint density at radius 1 is 1.00 bits per heavy atom. The number of amides is 2. The monoisotopic (exact) mass is 549 g/mol. The van der Waals surface area contributed by atoms with Crippen LogP contribution in [-0.2, 0) is 17.8 Å². The highest BCUT2D eigenvalue weighted by molar-refractivity contribution is 5.99. The molecule has 11 heteroatoms. The number of rotatable bonds is 13. The van der Waals surface area contributed by atoms with Gasteiger partial charge < -0.3 is 37.5 Å². The summed E-state index contributed by atoms with van der Waals surface area (Å²) in [7, 11) is 3.93. The van der Waals surface area contributed by atoms with Crippen molar-refractivity contribution in [2.24, 2.45) is 22.2 Å². The summed E-state index contributed by atoms with van der Waals surface area (Å²) in [5.74, 6) is -0.827. The molecule has 0 saturated carbocycles. The van der Waals surface area contributed by atoms with Crippen molar-refractivity contribution in [3.63, 3.8) is 0 Å². The zero-order valence-electron chi connectivity index (χ0n) is 22.7. The third-order valence-electron chi connectivity index (χ3n) is 5.86. The van der Waals surface area contributed by atoms with Crippen molar-refractivity contribution in [2.75, 3.05) is 32.5 Å². The van der Waals surface area contributed by atoms with Crippen molar-refractivity contribution in [1.82, 2.24) is 10.2 Å². The van der Waals surface area contributed by atoms with Crippen LogP contribution in [0, 0.1) is 5.82 Å². The van der Waals surface area contributed by atoms with Gasteiger partial charge in [-0.25, -0.2) is 9.38 Å². The van der Waals surface area contributed by atoms with Crippen LogP contribution in [0.5, 0.6) is 5.75 Å². The number of ether oxygens (including phenoxy) is 1. The first-order valence-corrected chi connectivity index (χ1v) is 12.8. The first-order chi connectivity index (χ1) is 19.1. The lowest BCUT2D eigenvalue weighted by atomic mass is 10.1. The van der Waals surface area contributed by atoms with Gasteiger partial charge in [-0.3, -0.25) is 9.59 Å². The molecular weight excluding hydrogens is 513 g/mol. The number of hydrogen-bond donors (Lipinski definition) is 5. The number of anilines is 1. The number of benzene rings is 3. The number of nitrogens with two attached hydrogens (primary N) is 3. The minimum absolute atomic E-state index is 0.0438. The molecule has 0 saturated heterocycles. The maximum atomic E-state index is 13.3. The van der Waals surface area contributed by atoms with E-state index in [1.165, 1.54) is 12.1 Å². The average Bonchev–Trinajstić information content (AvgIpc) is 2.91. The standard InChI is InChI=1S/C29H36FN7O3/c1-37(2)15-3-14-34-27(38)24-13-12-23(17-26(24)40-18-20-4-8-21(30)9-5-20)35-28(39)25(31)16-19-6-10-22(11-7-19)36-29(32)33/h4-13,17,25H,3,14-16,18,31H2,1-2H3,(H,34,38)(H,35,39)(H4,32,33,36)/t25-/m0/s1. The first-order valence-electron chi connectivity index (χ1n) is 12.8. The van der Waals surface area contributed by atoms with Crippen LogP contribution in [0.1, 0.15) is 27.9 Å². The molecule has 3 aromatic rings. The molecule has 8 N–H and O–H groups in total. The molecule has 1 atom stereocenters. The highest BCUT2D eigenvalue weighted by atomic mass is 19.1. The summed E-state index contributed by atoms with van der Waals surface area (Å²) in [4.78, 5) is 31.8. The normalized spacial score (nSPS) is 11.5. The number of carbonyl (C=O) groups is 2. The molecular formula is C29H36FN7O3. The Morgan fingerprint density at radius 3 is 2.33 bits per heavy atom. The number of guanidine groups is 1. The van der Waals surface area contributed by atoms with Crippen LogP contribution in [-0.4, -0.2) is 55.9 Å². The average molecular weight is 550 g/mol. The van der Waals surface area contributed by atoms with Crippen LogP contribution in [0.4, 0.5) is 15.8 Å². The summed E-state index contributed by atoms with van der Waals surface area (Å²) in [6, 6.07) is 16.9. The Bertz CT molecular complexity index is 1310. The van der Waals surface area contributed by atoms with E-state index in [-0.39, 0.29) is 36.5 Å². The third-order valence-corrected chi connectivity index (χ3v) is 5.86. The molecule has 0 aliphatic heterocycles. The number of nitrogens with one attached hydrogen (secondary N) is 2.